The lowest BCUT2D eigenvalue weighted by molar-refractivity contribution is 1.26. The molecular weight excluding hydrogens is 260 g/mol. The molecule has 3 heteroatoms. The van der Waals surface area contributed by atoms with Gasteiger partial charge < -0.3 is 0 Å². The van der Waals surface area contributed by atoms with Gasteiger partial charge in [0.25, 0.3) is 0 Å². The second-order valence-corrected chi connectivity index (χ2v) is 11.0. The molecule has 20 heavy (non-hydrogen) atoms. The van der Waals surface area contributed by atoms with Crippen LogP contribution in [0.2, 0.25) is 19.6 Å². The van der Waals surface area contributed by atoms with Crippen LogP contribution < -0.4 is 5.43 Å². The quantitative estimate of drug-likeness (QED) is 0.485. The van der Waals surface area contributed by atoms with E-state index < -0.39 is 8.07 Å². The first kappa shape index (κ1) is 14.5. The van der Waals surface area contributed by atoms with Crippen molar-refractivity contribution in [2.45, 2.75) is 26.1 Å². The summed E-state index contributed by atoms with van der Waals surface area (Å²) in [4.78, 5) is 0. The second-order valence-electron chi connectivity index (χ2n) is 5.95. The Balaban J connectivity index is 2.16. The van der Waals surface area contributed by atoms with Crippen molar-refractivity contribution in [3.63, 3.8) is 0 Å². The zero-order valence-electron chi connectivity index (χ0n) is 12.4. The van der Waals surface area contributed by atoms with E-state index in [-0.39, 0.29) is 0 Å². The van der Waals surface area contributed by atoms with E-state index in [1.165, 1.54) is 10.9 Å². The number of nitrogens with zero attached hydrogens (tertiary/aromatic N) is 1. The van der Waals surface area contributed by atoms with E-state index in [9.17, 15) is 0 Å². The number of hydrogen-bond acceptors (Lipinski definition) is 2. The van der Waals surface area contributed by atoms with Gasteiger partial charge in [0.1, 0.15) is 0 Å². The highest BCUT2D eigenvalue weighted by Crippen LogP contribution is 2.12. The molecule has 0 atom stereocenters. The van der Waals surface area contributed by atoms with Crippen molar-refractivity contribution < 1.29 is 0 Å². The first-order valence-electron chi connectivity index (χ1n) is 6.98. The van der Waals surface area contributed by atoms with Crippen LogP contribution in [0.1, 0.15) is 5.56 Å². The SMILES string of the molecule is C[Si](C)(C)/C(Cc1ccccc1)=N\Nc1ccccc1. The van der Waals surface area contributed by atoms with Gasteiger partial charge in [-0.15, -0.1) is 0 Å². The average Bonchev–Trinajstić information content (AvgIpc) is 2.44. The summed E-state index contributed by atoms with van der Waals surface area (Å²) in [5, 5.41) is 5.97. The highest BCUT2D eigenvalue weighted by Gasteiger charge is 2.22. The minimum atomic E-state index is -1.44. The smallest absolute Gasteiger partial charge is 0.0986 e. The van der Waals surface area contributed by atoms with Gasteiger partial charge in [0, 0.05) is 11.8 Å². The molecule has 2 aromatic rings. The lowest BCUT2D eigenvalue weighted by Gasteiger charge is -2.19. The zero-order valence-corrected chi connectivity index (χ0v) is 13.4. The highest BCUT2D eigenvalue weighted by atomic mass is 28.3. The van der Waals surface area contributed by atoms with Crippen LogP contribution in [0.5, 0.6) is 0 Å². The summed E-state index contributed by atoms with van der Waals surface area (Å²) in [5.41, 5.74) is 5.56. The third-order valence-corrected chi connectivity index (χ3v) is 5.19. The average molecular weight is 282 g/mol. The minimum absolute atomic E-state index is 0.927. The number of para-hydroxylation sites is 1. The largest absolute Gasteiger partial charge is 0.279 e. The fraction of sp³-hybridized carbons (Fsp3) is 0.235. The molecule has 0 fully saturated rings. The van der Waals surface area contributed by atoms with Crippen molar-refractivity contribution in [3.05, 3.63) is 66.2 Å². The number of nitrogens with one attached hydrogen (secondary N) is 1. The van der Waals surface area contributed by atoms with E-state index in [0.717, 1.165) is 12.1 Å². The molecule has 2 aromatic carbocycles. The minimum Gasteiger partial charge on any atom is -0.279 e. The Labute approximate surface area is 122 Å². The first-order valence-corrected chi connectivity index (χ1v) is 10.5. The molecule has 0 heterocycles. The molecule has 0 amide bonds. The zero-order chi connectivity index (χ0) is 14.4. The van der Waals surface area contributed by atoms with Crippen molar-refractivity contribution in [2.24, 2.45) is 5.10 Å². The Morgan fingerprint density at radius 1 is 0.900 bits per heavy atom. The van der Waals surface area contributed by atoms with E-state index in [4.69, 9.17) is 0 Å². The standard InChI is InChI=1S/C17H22N2Si/c1-20(2,3)17(14-15-10-6-4-7-11-15)19-18-16-12-8-5-9-13-16/h4-13,18H,14H2,1-3H3/b19-17-. The topological polar surface area (TPSA) is 24.4 Å². The van der Waals surface area contributed by atoms with E-state index in [0.29, 0.717) is 0 Å². The maximum atomic E-state index is 4.69. The van der Waals surface area contributed by atoms with Crippen molar-refractivity contribution in [2.75, 3.05) is 5.43 Å². The predicted octanol–water partition coefficient (Wildman–Crippen LogP) is 4.57. The number of rotatable bonds is 5. The van der Waals surface area contributed by atoms with Gasteiger partial charge in [0.05, 0.1) is 13.8 Å². The summed E-state index contributed by atoms with van der Waals surface area (Å²) in [6.45, 7) is 7.00. The Bertz CT molecular complexity index is 557. The summed E-state index contributed by atoms with van der Waals surface area (Å²) in [6, 6.07) is 20.7. The van der Waals surface area contributed by atoms with Crippen LogP contribution in [-0.4, -0.2) is 13.4 Å². The third-order valence-electron chi connectivity index (χ3n) is 3.17. The van der Waals surface area contributed by atoms with Gasteiger partial charge in [-0.2, -0.15) is 5.10 Å². The molecule has 0 saturated heterocycles. The van der Waals surface area contributed by atoms with Gasteiger partial charge in [-0.3, -0.25) is 5.43 Å². The molecule has 0 bridgehead atoms. The van der Waals surface area contributed by atoms with Gasteiger partial charge in [0.15, 0.2) is 0 Å². The van der Waals surface area contributed by atoms with Crippen molar-refractivity contribution in [1.82, 2.24) is 0 Å². The fourth-order valence-electron chi connectivity index (χ4n) is 1.91. The number of hydrazone groups is 1. The van der Waals surface area contributed by atoms with E-state index in [1.807, 2.05) is 30.3 Å². The molecule has 2 rings (SSSR count). The summed E-state index contributed by atoms with van der Waals surface area (Å²) >= 11 is 0. The summed E-state index contributed by atoms with van der Waals surface area (Å²) in [7, 11) is -1.44. The Morgan fingerprint density at radius 2 is 1.45 bits per heavy atom. The third kappa shape index (κ3) is 4.35. The fourth-order valence-corrected chi connectivity index (χ4v) is 3.03. The molecule has 0 aliphatic carbocycles. The molecule has 0 spiro atoms. The van der Waals surface area contributed by atoms with Crippen LogP contribution in [0.25, 0.3) is 0 Å². The lowest BCUT2D eigenvalue weighted by atomic mass is 10.2. The molecule has 0 aliphatic heterocycles. The predicted molar refractivity (Wildman–Crippen MR) is 91.0 cm³/mol. The molecule has 2 nitrogen and oxygen atoms in total. The van der Waals surface area contributed by atoms with Crippen LogP contribution in [0.4, 0.5) is 5.69 Å². The molecule has 0 unspecified atom stereocenters. The highest BCUT2D eigenvalue weighted by molar-refractivity contribution is 7.04. The molecule has 0 radical (unpaired) electrons. The number of anilines is 1. The lowest BCUT2D eigenvalue weighted by Crippen LogP contribution is -2.35. The van der Waals surface area contributed by atoms with Crippen LogP contribution in [-0.2, 0) is 6.42 Å². The Morgan fingerprint density at radius 3 is 2.00 bits per heavy atom. The normalized spacial score (nSPS) is 12.2. The van der Waals surface area contributed by atoms with E-state index in [1.54, 1.807) is 0 Å². The summed E-state index contributed by atoms with van der Waals surface area (Å²) in [6.07, 6.45) is 0.927. The molecule has 1 N–H and O–H groups in total. The van der Waals surface area contributed by atoms with Gasteiger partial charge in [0.2, 0.25) is 0 Å². The van der Waals surface area contributed by atoms with Crippen LogP contribution in [0, 0.1) is 0 Å². The van der Waals surface area contributed by atoms with E-state index >= 15 is 0 Å². The van der Waals surface area contributed by atoms with E-state index in [2.05, 4.69) is 60.5 Å². The molecule has 0 saturated carbocycles. The Kier molecular flexibility index (Phi) is 4.74. The monoisotopic (exact) mass is 282 g/mol. The van der Waals surface area contributed by atoms with Crippen LogP contribution >= 0.6 is 0 Å². The maximum absolute atomic E-state index is 4.69. The first-order chi connectivity index (χ1) is 9.55. The van der Waals surface area contributed by atoms with Crippen molar-refractivity contribution in [1.29, 1.82) is 0 Å². The van der Waals surface area contributed by atoms with Crippen molar-refractivity contribution in [3.8, 4) is 0 Å². The number of benzene rings is 2. The van der Waals surface area contributed by atoms with Crippen LogP contribution in [0.3, 0.4) is 0 Å². The summed E-state index contributed by atoms with van der Waals surface area (Å²) in [5.74, 6) is 0. The molecule has 0 aromatic heterocycles. The maximum Gasteiger partial charge on any atom is 0.0986 e. The van der Waals surface area contributed by atoms with Gasteiger partial charge in [-0.1, -0.05) is 68.2 Å². The van der Waals surface area contributed by atoms with Gasteiger partial charge >= 0.3 is 0 Å². The molecule has 104 valence electrons. The van der Waals surface area contributed by atoms with Gasteiger partial charge in [-0.25, -0.2) is 0 Å². The van der Waals surface area contributed by atoms with Crippen molar-refractivity contribution >= 4 is 19.1 Å². The second kappa shape index (κ2) is 6.53. The van der Waals surface area contributed by atoms with Crippen LogP contribution in [0.15, 0.2) is 65.8 Å². The molecule has 0 aliphatic rings. The summed E-state index contributed by atoms with van der Waals surface area (Å²) < 4.78 is 0. The number of hydrogen-bond donors (Lipinski definition) is 1. The van der Waals surface area contributed by atoms with Gasteiger partial charge in [-0.05, 0) is 17.7 Å². The Hall–Kier alpha value is -1.87. The molecular formula is C17H22N2Si.